The maximum absolute atomic E-state index is 12.7. The zero-order valence-corrected chi connectivity index (χ0v) is 16.5. The summed E-state index contributed by atoms with van der Waals surface area (Å²) in [4.78, 5) is 24.9. The Balaban J connectivity index is 3.03. The second-order valence-electron chi connectivity index (χ2n) is 6.27. The van der Waals surface area contributed by atoms with Gasteiger partial charge in [-0.2, -0.15) is 0 Å². The van der Waals surface area contributed by atoms with Crippen LogP contribution in [0.4, 0.5) is 5.69 Å². The van der Waals surface area contributed by atoms with Gasteiger partial charge in [-0.05, 0) is 44.9 Å². The van der Waals surface area contributed by atoms with Crippen LogP contribution in [0.2, 0.25) is 0 Å². The van der Waals surface area contributed by atoms with Crippen LogP contribution in [0.3, 0.4) is 0 Å². The molecule has 0 aromatic heterocycles. The van der Waals surface area contributed by atoms with Crippen LogP contribution in [0, 0.1) is 0 Å². The number of anilines is 1. The van der Waals surface area contributed by atoms with Crippen molar-refractivity contribution in [2.75, 3.05) is 25.6 Å². The number of benzene rings is 1. The van der Waals surface area contributed by atoms with Crippen molar-refractivity contribution in [3.8, 4) is 5.75 Å². The second-order valence-corrected chi connectivity index (χ2v) is 6.27. The highest BCUT2D eigenvalue weighted by molar-refractivity contribution is 5.99. The van der Waals surface area contributed by atoms with Crippen molar-refractivity contribution in [3.05, 3.63) is 23.8 Å². The summed E-state index contributed by atoms with van der Waals surface area (Å²) in [5, 5.41) is 2.84. The van der Waals surface area contributed by atoms with Gasteiger partial charge < -0.3 is 19.5 Å². The second kappa shape index (κ2) is 10.8. The Bertz CT molecular complexity index is 602. The summed E-state index contributed by atoms with van der Waals surface area (Å²) in [5.41, 5.74) is -0.121. The molecule has 0 heterocycles. The summed E-state index contributed by atoms with van der Waals surface area (Å²) < 4.78 is 16.1. The van der Waals surface area contributed by atoms with Crippen molar-refractivity contribution >= 4 is 17.6 Å². The number of hydrogen-bond donors (Lipinski definition) is 1. The highest BCUT2D eigenvalue weighted by Gasteiger charge is 2.32. The standard InChI is InChI=1S/C20H31NO5/c1-6-9-12-20(4,24-5)19(23)21-15-10-11-17(26-13-7-2)16(14-15)18(22)25-8-3/h10-11,14H,6-9,12-13H2,1-5H3,(H,21,23). The van der Waals surface area contributed by atoms with Crippen LogP contribution in [-0.2, 0) is 14.3 Å². The van der Waals surface area contributed by atoms with Crippen LogP contribution >= 0.6 is 0 Å². The van der Waals surface area contributed by atoms with Gasteiger partial charge >= 0.3 is 5.97 Å². The zero-order chi connectivity index (χ0) is 19.6. The van der Waals surface area contributed by atoms with Gasteiger partial charge in [0.25, 0.3) is 5.91 Å². The fourth-order valence-corrected chi connectivity index (χ4v) is 2.40. The summed E-state index contributed by atoms with van der Waals surface area (Å²) in [6.07, 6.45) is 3.30. The minimum absolute atomic E-state index is 0.245. The Morgan fingerprint density at radius 1 is 1.15 bits per heavy atom. The minimum atomic E-state index is -0.919. The van der Waals surface area contributed by atoms with Crippen molar-refractivity contribution in [1.82, 2.24) is 0 Å². The minimum Gasteiger partial charge on any atom is -0.493 e. The van der Waals surface area contributed by atoms with E-state index in [1.54, 1.807) is 32.0 Å². The molecule has 6 heteroatoms. The fraction of sp³-hybridized carbons (Fsp3) is 0.600. The summed E-state index contributed by atoms with van der Waals surface area (Å²) in [7, 11) is 1.53. The molecule has 6 nitrogen and oxygen atoms in total. The maximum atomic E-state index is 12.7. The number of ether oxygens (including phenoxy) is 3. The number of carbonyl (C=O) groups excluding carboxylic acids is 2. The fourth-order valence-electron chi connectivity index (χ4n) is 2.40. The van der Waals surface area contributed by atoms with Gasteiger partial charge in [0.05, 0.1) is 13.2 Å². The molecule has 1 aromatic carbocycles. The molecule has 0 saturated carbocycles. The monoisotopic (exact) mass is 365 g/mol. The molecule has 26 heavy (non-hydrogen) atoms. The SMILES string of the molecule is CCCCC(C)(OC)C(=O)Nc1ccc(OCCC)c(C(=O)OCC)c1. The Morgan fingerprint density at radius 3 is 2.46 bits per heavy atom. The van der Waals surface area contributed by atoms with Gasteiger partial charge in [-0.1, -0.05) is 26.7 Å². The molecule has 1 unspecified atom stereocenters. The Labute approximate surface area is 156 Å². The molecular formula is C20H31NO5. The third kappa shape index (κ3) is 6.02. The zero-order valence-electron chi connectivity index (χ0n) is 16.5. The van der Waals surface area contributed by atoms with Gasteiger partial charge in [-0.3, -0.25) is 4.79 Å². The smallest absolute Gasteiger partial charge is 0.341 e. The maximum Gasteiger partial charge on any atom is 0.341 e. The molecule has 0 aliphatic carbocycles. The van der Waals surface area contributed by atoms with E-state index in [0.29, 0.717) is 30.0 Å². The highest BCUT2D eigenvalue weighted by Crippen LogP contribution is 2.26. The predicted octanol–water partition coefficient (Wildman–Crippen LogP) is 4.19. The predicted molar refractivity (Wildman–Crippen MR) is 102 cm³/mol. The Hall–Kier alpha value is -2.08. The van der Waals surface area contributed by atoms with Gasteiger partial charge in [0.1, 0.15) is 16.9 Å². The lowest BCUT2D eigenvalue weighted by atomic mass is 9.97. The summed E-state index contributed by atoms with van der Waals surface area (Å²) in [5.74, 6) is -0.274. The van der Waals surface area contributed by atoms with E-state index in [2.05, 4.69) is 12.2 Å². The summed E-state index contributed by atoms with van der Waals surface area (Å²) in [6, 6.07) is 4.96. The topological polar surface area (TPSA) is 73.9 Å². The number of amides is 1. The van der Waals surface area contributed by atoms with E-state index in [9.17, 15) is 9.59 Å². The summed E-state index contributed by atoms with van der Waals surface area (Å²) in [6.45, 7) is 8.32. The average Bonchev–Trinajstić information content (AvgIpc) is 2.65. The number of unbranched alkanes of at least 4 members (excludes halogenated alkanes) is 1. The van der Waals surface area contributed by atoms with Crippen LogP contribution < -0.4 is 10.1 Å². The van der Waals surface area contributed by atoms with Crippen LogP contribution in [0.5, 0.6) is 5.75 Å². The molecule has 1 amide bonds. The van der Waals surface area contributed by atoms with Crippen molar-refractivity contribution in [3.63, 3.8) is 0 Å². The molecule has 0 saturated heterocycles. The Morgan fingerprint density at radius 2 is 1.88 bits per heavy atom. The van der Waals surface area contributed by atoms with Gasteiger partial charge in [-0.25, -0.2) is 4.79 Å². The first-order chi connectivity index (χ1) is 12.4. The van der Waals surface area contributed by atoms with Crippen LogP contribution in [0.1, 0.15) is 63.7 Å². The van der Waals surface area contributed by atoms with Gasteiger partial charge in [0.2, 0.25) is 0 Å². The van der Waals surface area contributed by atoms with E-state index in [1.807, 2.05) is 6.92 Å². The molecule has 1 atom stereocenters. The molecule has 0 spiro atoms. The molecule has 1 aromatic rings. The van der Waals surface area contributed by atoms with E-state index >= 15 is 0 Å². The van der Waals surface area contributed by atoms with Crippen molar-refractivity contribution < 1.29 is 23.8 Å². The number of esters is 1. The van der Waals surface area contributed by atoms with E-state index in [4.69, 9.17) is 14.2 Å². The largest absolute Gasteiger partial charge is 0.493 e. The van der Waals surface area contributed by atoms with Crippen molar-refractivity contribution in [2.45, 2.75) is 59.0 Å². The van der Waals surface area contributed by atoms with Gasteiger partial charge in [-0.15, -0.1) is 0 Å². The molecule has 1 N–H and O–H groups in total. The van der Waals surface area contributed by atoms with E-state index < -0.39 is 11.6 Å². The highest BCUT2D eigenvalue weighted by atomic mass is 16.5. The summed E-state index contributed by atoms with van der Waals surface area (Å²) >= 11 is 0. The van der Waals surface area contributed by atoms with Crippen LogP contribution in [0.15, 0.2) is 18.2 Å². The first-order valence-electron chi connectivity index (χ1n) is 9.22. The van der Waals surface area contributed by atoms with E-state index in [-0.39, 0.29) is 12.5 Å². The first-order valence-corrected chi connectivity index (χ1v) is 9.22. The number of hydrogen-bond acceptors (Lipinski definition) is 5. The Kier molecular flexibility index (Phi) is 9.13. The number of rotatable bonds is 11. The lowest BCUT2D eigenvalue weighted by Crippen LogP contribution is -2.41. The molecule has 0 aliphatic rings. The normalized spacial score (nSPS) is 13.0. The van der Waals surface area contributed by atoms with Gasteiger partial charge in [0, 0.05) is 12.8 Å². The van der Waals surface area contributed by atoms with Crippen molar-refractivity contribution in [2.24, 2.45) is 0 Å². The molecule has 0 radical (unpaired) electrons. The number of carbonyl (C=O) groups is 2. The number of methoxy groups -OCH3 is 1. The molecule has 1 rings (SSSR count). The van der Waals surface area contributed by atoms with E-state index in [0.717, 1.165) is 19.3 Å². The molecule has 0 fully saturated rings. The molecule has 0 bridgehead atoms. The lowest BCUT2D eigenvalue weighted by Gasteiger charge is -2.27. The van der Waals surface area contributed by atoms with E-state index in [1.165, 1.54) is 7.11 Å². The van der Waals surface area contributed by atoms with Crippen molar-refractivity contribution in [1.29, 1.82) is 0 Å². The van der Waals surface area contributed by atoms with Crippen LogP contribution in [0.25, 0.3) is 0 Å². The third-order valence-corrected chi connectivity index (χ3v) is 4.13. The average molecular weight is 365 g/mol. The molecule has 146 valence electrons. The third-order valence-electron chi connectivity index (χ3n) is 4.13. The first kappa shape index (κ1) is 22.0. The quantitative estimate of drug-likeness (QED) is 0.595. The van der Waals surface area contributed by atoms with Crippen LogP contribution in [-0.4, -0.2) is 37.8 Å². The molecular weight excluding hydrogens is 334 g/mol. The van der Waals surface area contributed by atoms with Gasteiger partial charge in [0.15, 0.2) is 0 Å². The molecule has 0 aliphatic heterocycles. The number of nitrogens with one attached hydrogen (secondary N) is 1. The lowest BCUT2D eigenvalue weighted by molar-refractivity contribution is -0.136.